The predicted molar refractivity (Wildman–Crippen MR) is 72.7 cm³/mol. The van der Waals surface area contributed by atoms with Crippen LogP contribution in [-0.4, -0.2) is 50.2 Å². The Kier molecular flexibility index (Phi) is 8.59. The van der Waals surface area contributed by atoms with Crippen molar-refractivity contribution in [3.63, 3.8) is 0 Å². The van der Waals surface area contributed by atoms with Crippen molar-refractivity contribution in [2.24, 2.45) is 5.92 Å². The molecule has 0 aliphatic heterocycles. The normalized spacial score (nSPS) is 17.3. The van der Waals surface area contributed by atoms with Crippen LogP contribution in [0.5, 0.6) is 0 Å². The van der Waals surface area contributed by atoms with Gasteiger partial charge in [-0.3, -0.25) is 0 Å². The Bertz CT molecular complexity index is 195. The van der Waals surface area contributed by atoms with E-state index in [1.54, 1.807) is 0 Å². The maximum absolute atomic E-state index is 9.65. The quantitative estimate of drug-likeness (QED) is 0.522. The summed E-state index contributed by atoms with van der Waals surface area (Å²) in [6, 6.07) is 0. The van der Waals surface area contributed by atoms with Gasteiger partial charge >= 0.3 is 0 Å². The summed E-state index contributed by atoms with van der Waals surface area (Å²) in [7, 11) is 0. The largest absolute Gasteiger partial charge is 0.389 e. The zero-order valence-electron chi connectivity index (χ0n) is 11.9. The lowest BCUT2D eigenvalue weighted by Crippen LogP contribution is -2.31. The van der Waals surface area contributed by atoms with Gasteiger partial charge in [0.2, 0.25) is 0 Å². The summed E-state index contributed by atoms with van der Waals surface area (Å²) >= 11 is 0. The van der Waals surface area contributed by atoms with Crippen molar-refractivity contribution in [2.45, 2.75) is 51.7 Å². The molecule has 2 N–H and O–H groups in total. The van der Waals surface area contributed by atoms with Crippen molar-refractivity contribution in [3.05, 3.63) is 0 Å². The van der Waals surface area contributed by atoms with Gasteiger partial charge in [0.1, 0.15) is 0 Å². The van der Waals surface area contributed by atoms with Crippen molar-refractivity contribution in [3.8, 4) is 0 Å². The Morgan fingerprint density at radius 1 is 1.28 bits per heavy atom. The fourth-order valence-corrected chi connectivity index (χ4v) is 1.65. The first-order valence-corrected chi connectivity index (χ1v) is 7.26. The Morgan fingerprint density at radius 3 is 2.72 bits per heavy atom. The molecule has 1 aliphatic rings. The molecule has 4 heteroatoms. The second kappa shape index (κ2) is 9.73. The van der Waals surface area contributed by atoms with Crippen LogP contribution >= 0.6 is 0 Å². The highest BCUT2D eigenvalue weighted by molar-refractivity contribution is 4.72. The summed E-state index contributed by atoms with van der Waals surface area (Å²) in [6.45, 7) is 7.76. The van der Waals surface area contributed by atoms with Gasteiger partial charge in [-0.1, -0.05) is 0 Å². The van der Waals surface area contributed by atoms with Crippen LogP contribution in [0, 0.1) is 5.92 Å². The van der Waals surface area contributed by atoms with Crippen LogP contribution in [0.4, 0.5) is 0 Å². The van der Waals surface area contributed by atoms with Gasteiger partial charge in [-0.25, -0.2) is 0 Å². The van der Waals surface area contributed by atoms with Crippen molar-refractivity contribution in [1.29, 1.82) is 0 Å². The predicted octanol–water partition coefficient (Wildman–Crippen LogP) is 1.57. The zero-order chi connectivity index (χ0) is 13.2. The Labute approximate surface area is 111 Å². The highest BCUT2D eigenvalue weighted by Crippen LogP contribution is 2.28. The van der Waals surface area contributed by atoms with Crippen LogP contribution in [0.2, 0.25) is 0 Å². The van der Waals surface area contributed by atoms with Crippen molar-refractivity contribution < 1.29 is 14.6 Å². The maximum Gasteiger partial charge on any atom is 0.0897 e. The molecule has 1 atom stereocenters. The Balaban J connectivity index is 1.75. The molecule has 1 unspecified atom stereocenters. The molecule has 0 bridgehead atoms. The van der Waals surface area contributed by atoms with Crippen LogP contribution in [-0.2, 0) is 9.47 Å². The second-order valence-electron chi connectivity index (χ2n) is 5.47. The first-order chi connectivity index (χ1) is 8.68. The van der Waals surface area contributed by atoms with E-state index in [2.05, 4.69) is 19.2 Å². The minimum atomic E-state index is -0.379. The third-order valence-corrected chi connectivity index (χ3v) is 2.94. The molecule has 1 aliphatic carbocycles. The van der Waals surface area contributed by atoms with Gasteiger partial charge in [-0.15, -0.1) is 0 Å². The summed E-state index contributed by atoms with van der Waals surface area (Å²) in [5.41, 5.74) is 0. The molecule has 0 aromatic carbocycles. The molecule has 18 heavy (non-hydrogen) atoms. The van der Waals surface area contributed by atoms with E-state index in [0.717, 1.165) is 38.5 Å². The molecule has 0 heterocycles. The maximum atomic E-state index is 9.65. The highest BCUT2D eigenvalue weighted by Gasteiger charge is 2.21. The summed E-state index contributed by atoms with van der Waals surface area (Å²) in [5.74, 6) is 0.770. The van der Waals surface area contributed by atoms with Gasteiger partial charge in [0.25, 0.3) is 0 Å². The topological polar surface area (TPSA) is 50.7 Å². The van der Waals surface area contributed by atoms with Crippen molar-refractivity contribution in [1.82, 2.24) is 5.32 Å². The number of unbranched alkanes of at least 4 members (excludes halogenated alkanes) is 1. The number of hydrogen-bond donors (Lipinski definition) is 2. The summed E-state index contributed by atoms with van der Waals surface area (Å²) in [5, 5.41) is 12.9. The summed E-state index contributed by atoms with van der Waals surface area (Å²) in [4.78, 5) is 0. The van der Waals surface area contributed by atoms with E-state index in [0.29, 0.717) is 19.3 Å². The van der Waals surface area contributed by atoms with Gasteiger partial charge in [0, 0.05) is 19.8 Å². The first kappa shape index (κ1) is 15.9. The standard InChI is InChI=1S/C14H29NO3/c1-12(2)18-8-4-3-7-15-9-14(16)11-17-10-13-5-6-13/h12-16H,3-11H2,1-2H3. The lowest BCUT2D eigenvalue weighted by Gasteiger charge is -2.12. The van der Waals surface area contributed by atoms with Gasteiger partial charge in [-0.05, 0) is 52.0 Å². The molecule has 1 saturated carbocycles. The van der Waals surface area contributed by atoms with Crippen LogP contribution in [0.25, 0.3) is 0 Å². The van der Waals surface area contributed by atoms with E-state index < -0.39 is 0 Å². The third-order valence-electron chi connectivity index (χ3n) is 2.94. The van der Waals surface area contributed by atoms with Crippen molar-refractivity contribution >= 4 is 0 Å². The number of ether oxygens (including phenoxy) is 2. The minimum Gasteiger partial charge on any atom is -0.389 e. The smallest absolute Gasteiger partial charge is 0.0897 e. The minimum absolute atomic E-state index is 0.323. The molecule has 108 valence electrons. The average Bonchev–Trinajstić information content (AvgIpc) is 3.11. The summed E-state index contributed by atoms with van der Waals surface area (Å²) in [6.07, 6.45) is 4.69. The average molecular weight is 259 g/mol. The highest BCUT2D eigenvalue weighted by atomic mass is 16.5. The van der Waals surface area contributed by atoms with E-state index >= 15 is 0 Å². The SMILES string of the molecule is CC(C)OCCCCNCC(O)COCC1CC1. The zero-order valence-corrected chi connectivity index (χ0v) is 11.9. The van der Waals surface area contributed by atoms with Crippen LogP contribution in [0.1, 0.15) is 39.5 Å². The van der Waals surface area contributed by atoms with Gasteiger partial charge < -0.3 is 19.9 Å². The van der Waals surface area contributed by atoms with Crippen LogP contribution in [0.3, 0.4) is 0 Å². The molecule has 0 saturated heterocycles. The fourth-order valence-electron chi connectivity index (χ4n) is 1.65. The number of rotatable bonds is 12. The van der Waals surface area contributed by atoms with E-state index in [1.807, 2.05) is 0 Å². The van der Waals surface area contributed by atoms with Gasteiger partial charge in [0.05, 0.1) is 18.8 Å². The lowest BCUT2D eigenvalue weighted by atomic mass is 10.3. The van der Waals surface area contributed by atoms with Crippen LogP contribution in [0.15, 0.2) is 0 Å². The molecule has 1 rings (SSSR count). The van der Waals surface area contributed by atoms with E-state index in [-0.39, 0.29) is 6.10 Å². The van der Waals surface area contributed by atoms with Gasteiger partial charge in [-0.2, -0.15) is 0 Å². The number of nitrogens with one attached hydrogen (secondary N) is 1. The summed E-state index contributed by atoms with van der Waals surface area (Å²) < 4.78 is 10.9. The molecular formula is C14H29NO3. The molecule has 0 spiro atoms. The molecule has 4 nitrogen and oxygen atoms in total. The van der Waals surface area contributed by atoms with Crippen molar-refractivity contribution in [2.75, 3.05) is 32.9 Å². The number of hydrogen-bond acceptors (Lipinski definition) is 4. The number of aliphatic hydroxyl groups is 1. The first-order valence-electron chi connectivity index (χ1n) is 7.26. The fraction of sp³-hybridized carbons (Fsp3) is 1.00. The number of aliphatic hydroxyl groups excluding tert-OH is 1. The van der Waals surface area contributed by atoms with E-state index in [9.17, 15) is 5.11 Å². The van der Waals surface area contributed by atoms with Gasteiger partial charge in [0.15, 0.2) is 0 Å². The Hall–Kier alpha value is -0.160. The molecular weight excluding hydrogens is 230 g/mol. The molecule has 0 aromatic rings. The third kappa shape index (κ3) is 9.83. The lowest BCUT2D eigenvalue weighted by molar-refractivity contribution is 0.0324. The van der Waals surface area contributed by atoms with Crippen LogP contribution < -0.4 is 5.32 Å². The second-order valence-corrected chi connectivity index (χ2v) is 5.47. The molecule has 0 radical (unpaired) electrons. The van der Waals surface area contributed by atoms with E-state index in [4.69, 9.17) is 9.47 Å². The van der Waals surface area contributed by atoms with E-state index in [1.165, 1.54) is 12.8 Å². The molecule has 0 aromatic heterocycles. The molecule has 1 fully saturated rings. The Morgan fingerprint density at radius 2 is 2.06 bits per heavy atom. The molecule has 0 amide bonds. The monoisotopic (exact) mass is 259 g/mol.